The van der Waals surface area contributed by atoms with E-state index in [0.29, 0.717) is 18.8 Å². The van der Waals surface area contributed by atoms with Gasteiger partial charge in [0.1, 0.15) is 6.17 Å². The second kappa shape index (κ2) is 9.67. The zero-order valence-corrected chi connectivity index (χ0v) is 19.4. The lowest BCUT2D eigenvalue weighted by molar-refractivity contribution is 0.313. The second-order valence-corrected chi connectivity index (χ2v) is 8.55. The first-order chi connectivity index (χ1) is 15.1. The Kier molecular flexibility index (Phi) is 6.73. The third kappa shape index (κ3) is 4.83. The van der Waals surface area contributed by atoms with Gasteiger partial charge in [-0.3, -0.25) is 10.3 Å². The van der Waals surface area contributed by atoms with Crippen LogP contribution in [0.2, 0.25) is 0 Å². The van der Waals surface area contributed by atoms with Gasteiger partial charge in [0.25, 0.3) is 0 Å². The van der Waals surface area contributed by atoms with Gasteiger partial charge in [0.15, 0.2) is 11.5 Å². The van der Waals surface area contributed by atoms with Crippen LogP contribution in [0.5, 0.6) is 11.5 Å². The number of phenols is 1. The highest BCUT2D eigenvalue weighted by atomic mass is 79.9. The van der Waals surface area contributed by atoms with Gasteiger partial charge in [-0.25, -0.2) is 0 Å². The number of aliphatic imine (C=N–C) groups is 1. The Bertz CT molecular complexity index is 1060. The van der Waals surface area contributed by atoms with Crippen molar-refractivity contribution in [2.45, 2.75) is 38.9 Å². The molecular weight excluding hydrogens is 452 g/mol. The molecule has 0 saturated heterocycles. The van der Waals surface area contributed by atoms with Crippen LogP contribution in [-0.2, 0) is 6.42 Å². The Balaban J connectivity index is 1.73. The van der Waals surface area contributed by atoms with Crippen LogP contribution < -0.4 is 10.1 Å². The van der Waals surface area contributed by atoms with E-state index in [0.717, 1.165) is 33.3 Å². The van der Waals surface area contributed by atoms with Crippen LogP contribution >= 0.6 is 15.9 Å². The predicted molar refractivity (Wildman–Crippen MR) is 129 cm³/mol. The molecule has 1 heterocycles. The molecule has 5 heteroatoms. The van der Waals surface area contributed by atoms with Gasteiger partial charge < -0.3 is 9.84 Å². The summed E-state index contributed by atoms with van der Waals surface area (Å²) in [5.41, 5.74) is 5.36. The molecule has 0 amide bonds. The lowest BCUT2D eigenvalue weighted by Gasteiger charge is -2.31. The quantitative estimate of drug-likeness (QED) is 0.434. The van der Waals surface area contributed by atoms with Gasteiger partial charge in [-0.05, 0) is 48.2 Å². The lowest BCUT2D eigenvalue weighted by atomic mass is 9.93. The molecule has 0 aromatic heterocycles. The maximum absolute atomic E-state index is 10.9. The number of rotatable bonds is 6. The van der Waals surface area contributed by atoms with E-state index in [1.165, 1.54) is 5.56 Å². The summed E-state index contributed by atoms with van der Waals surface area (Å²) >= 11 is 3.51. The van der Waals surface area contributed by atoms with Crippen LogP contribution in [0.4, 0.5) is 0 Å². The van der Waals surface area contributed by atoms with Crippen LogP contribution in [0.3, 0.4) is 0 Å². The number of phenolic OH excluding ortho intramolecular Hbond substituents is 1. The molecule has 31 heavy (non-hydrogen) atoms. The van der Waals surface area contributed by atoms with E-state index in [2.05, 4.69) is 64.6 Å². The van der Waals surface area contributed by atoms with Gasteiger partial charge in [-0.1, -0.05) is 71.4 Å². The predicted octanol–water partition coefficient (Wildman–Crippen LogP) is 6.34. The van der Waals surface area contributed by atoms with Gasteiger partial charge in [0.2, 0.25) is 0 Å². The minimum absolute atomic E-state index is 0.0904. The Morgan fingerprint density at radius 3 is 2.45 bits per heavy atom. The number of halogens is 1. The number of nitrogens with one attached hydrogen (secondary N) is 1. The molecule has 0 radical (unpaired) electrons. The number of aromatic hydroxyl groups is 1. The van der Waals surface area contributed by atoms with Crippen molar-refractivity contribution in [1.29, 1.82) is 0 Å². The molecule has 3 aromatic carbocycles. The van der Waals surface area contributed by atoms with Crippen molar-refractivity contribution in [2.24, 2.45) is 4.99 Å². The molecule has 2 N–H and O–H groups in total. The standard InChI is InChI=1S/C26H27BrN2O2/c1-3-17-8-10-18(11-9-17)22-16-23(21-6-5-7-24(25(21)30)31-4-2)29-26(28-22)19-12-14-20(27)15-13-19/h5-15,23,26,29-30H,3-4,16H2,1-2H3/t23-,26+/m0/s1. The summed E-state index contributed by atoms with van der Waals surface area (Å²) in [6, 6.07) is 22.4. The van der Waals surface area contributed by atoms with Crippen LogP contribution in [-0.4, -0.2) is 17.4 Å². The van der Waals surface area contributed by atoms with Gasteiger partial charge in [-0.2, -0.15) is 0 Å². The highest BCUT2D eigenvalue weighted by Crippen LogP contribution is 2.39. The van der Waals surface area contributed by atoms with E-state index in [9.17, 15) is 5.11 Å². The number of aryl methyl sites for hydroxylation is 1. The summed E-state index contributed by atoms with van der Waals surface area (Å²) in [5, 5.41) is 14.5. The fraction of sp³-hybridized carbons (Fsp3) is 0.269. The van der Waals surface area contributed by atoms with E-state index in [1.807, 2.05) is 31.2 Å². The van der Waals surface area contributed by atoms with Crippen LogP contribution in [0, 0.1) is 0 Å². The topological polar surface area (TPSA) is 53.8 Å². The van der Waals surface area contributed by atoms with Crippen molar-refractivity contribution in [3.63, 3.8) is 0 Å². The number of hydrogen-bond acceptors (Lipinski definition) is 4. The minimum atomic E-state index is -0.206. The number of ether oxygens (including phenoxy) is 1. The zero-order valence-electron chi connectivity index (χ0n) is 17.8. The number of benzene rings is 3. The Morgan fingerprint density at radius 1 is 1.03 bits per heavy atom. The summed E-state index contributed by atoms with van der Waals surface area (Å²) in [4.78, 5) is 5.05. The van der Waals surface area contributed by atoms with Crippen LogP contribution in [0.1, 0.15) is 54.7 Å². The van der Waals surface area contributed by atoms with Crippen molar-refractivity contribution >= 4 is 21.6 Å². The van der Waals surface area contributed by atoms with Crippen molar-refractivity contribution in [2.75, 3.05) is 6.61 Å². The molecular formula is C26H27BrN2O2. The molecule has 2 atom stereocenters. The fourth-order valence-electron chi connectivity index (χ4n) is 3.92. The normalized spacial score (nSPS) is 18.5. The van der Waals surface area contributed by atoms with E-state index in [1.54, 1.807) is 6.07 Å². The first-order valence-corrected chi connectivity index (χ1v) is 11.5. The van der Waals surface area contributed by atoms with E-state index in [4.69, 9.17) is 9.73 Å². The molecule has 4 rings (SSSR count). The summed E-state index contributed by atoms with van der Waals surface area (Å²) in [7, 11) is 0. The minimum Gasteiger partial charge on any atom is -0.504 e. The van der Waals surface area contributed by atoms with E-state index < -0.39 is 0 Å². The molecule has 160 valence electrons. The molecule has 1 aliphatic heterocycles. The Labute approximate surface area is 192 Å². The lowest BCUT2D eigenvalue weighted by Crippen LogP contribution is -2.33. The maximum atomic E-state index is 10.9. The monoisotopic (exact) mass is 478 g/mol. The van der Waals surface area contributed by atoms with E-state index in [-0.39, 0.29) is 18.0 Å². The summed E-state index contributed by atoms with van der Waals surface area (Å²) in [6.07, 6.45) is 1.49. The molecule has 0 saturated carbocycles. The van der Waals surface area contributed by atoms with Gasteiger partial charge in [0.05, 0.1) is 6.61 Å². The summed E-state index contributed by atoms with van der Waals surface area (Å²) in [5.74, 6) is 0.706. The van der Waals surface area contributed by atoms with E-state index >= 15 is 0 Å². The smallest absolute Gasteiger partial charge is 0.162 e. The molecule has 0 aliphatic carbocycles. The third-order valence-corrected chi connectivity index (χ3v) is 6.16. The van der Waals surface area contributed by atoms with Crippen molar-refractivity contribution < 1.29 is 9.84 Å². The molecule has 4 nitrogen and oxygen atoms in total. The Morgan fingerprint density at radius 2 is 1.77 bits per heavy atom. The maximum Gasteiger partial charge on any atom is 0.162 e. The van der Waals surface area contributed by atoms with Gasteiger partial charge in [0, 0.05) is 28.2 Å². The fourth-order valence-corrected chi connectivity index (χ4v) is 4.19. The first-order valence-electron chi connectivity index (χ1n) is 10.7. The van der Waals surface area contributed by atoms with Gasteiger partial charge >= 0.3 is 0 Å². The van der Waals surface area contributed by atoms with Crippen molar-refractivity contribution in [1.82, 2.24) is 5.32 Å². The van der Waals surface area contributed by atoms with Crippen LogP contribution in [0.25, 0.3) is 0 Å². The summed E-state index contributed by atoms with van der Waals surface area (Å²) < 4.78 is 6.65. The average molecular weight is 479 g/mol. The number of hydrogen-bond donors (Lipinski definition) is 2. The Hall–Kier alpha value is -2.63. The molecule has 3 aromatic rings. The molecule has 0 unspecified atom stereocenters. The third-order valence-electron chi connectivity index (χ3n) is 5.63. The summed E-state index contributed by atoms with van der Waals surface area (Å²) in [6.45, 7) is 4.58. The number of para-hydroxylation sites is 1. The van der Waals surface area contributed by atoms with Crippen molar-refractivity contribution in [3.05, 3.63) is 93.5 Å². The first kappa shape index (κ1) is 21.6. The molecule has 1 aliphatic rings. The average Bonchev–Trinajstić information content (AvgIpc) is 2.81. The number of nitrogens with zero attached hydrogens (tertiary/aromatic N) is 1. The highest BCUT2D eigenvalue weighted by Gasteiger charge is 2.28. The van der Waals surface area contributed by atoms with Gasteiger partial charge in [-0.15, -0.1) is 0 Å². The SMILES string of the molecule is CCOc1cccc([C@@H]2CC(c3ccc(CC)cc3)=N[C@@H](c3ccc(Br)cc3)N2)c1O. The van der Waals surface area contributed by atoms with Crippen LogP contribution in [0.15, 0.2) is 76.2 Å². The highest BCUT2D eigenvalue weighted by molar-refractivity contribution is 9.10. The molecule has 0 fully saturated rings. The largest absolute Gasteiger partial charge is 0.504 e. The molecule has 0 bridgehead atoms. The van der Waals surface area contributed by atoms with Crippen molar-refractivity contribution in [3.8, 4) is 11.5 Å². The molecule has 0 spiro atoms. The second-order valence-electron chi connectivity index (χ2n) is 7.63. The zero-order chi connectivity index (χ0) is 21.8.